The van der Waals surface area contributed by atoms with Gasteiger partial charge in [0.05, 0.1) is 6.10 Å². The molecule has 2 bridgehead atoms. The molecule has 3 rings (SSSR count). The topological polar surface area (TPSA) is 21.3 Å². The number of hydrogen-bond donors (Lipinski definition) is 1. The highest BCUT2D eigenvalue weighted by atomic mass is 16.5. The van der Waals surface area contributed by atoms with E-state index in [1.165, 1.54) is 64.3 Å². The summed E-state index contributed by atoms with van der Waals surface area (Å²) in [7, 11) is 0. The van der Waals surface area contributed by atoms with Crippen LogP contribution in [-0.2, 0) is 4.74 Å². The molecule has 3 aliphatic rings. The monoisotopic (exact) mass is 279 g/mol. The van der Waals surface area contributed by atoms with Crippen molar-refractivity contribution < 1.29 is 4.74 Å². The minimum absolute atomic E-state index is 0.570. The molecule has 1 aliphatic heterocycles. The standard InChI is InChI=1S/C18H33NO/c1-2-9-19-17(7-8-18-4-3-10-20-18)13-16-12-14-5-6-15(16)11-14/h14-19H,2-13H2,1H3. The Morgan fingerprint density at radius 3 is 2.80 bits per heavy atom. The molecule has 2 aliphatic carbocycles. The van der Waals surface area contributed by atoms with Crippen LogP contribution < -0.4 is 5.32 Å². The molecule has 0 aromatic carbocycles. The third-order valence-electron chi connectivity index (χ3n) is 6.02. The van der Waals surface area contributed by atoms with Crippen LogP contribution in [0.2, 0.25) is 0 Å². The van der Waals surface area contributed by atoms with E-state index in [0.29, 0.717) is 6.10 Å². The van der Waals surface area contributed by atoms with E-state index in [9.17, 15) is 0 Å². The third-order valence-corrected chi connectivity index (χ3v) is 6.02. The van der Waals surface area contributed by atoms with Gasteiger partial charge < -0.3 is 10.1 Å². The normalized spacial score (nSPS) is 37.6. The fourth-order valence-corrected chi connectivity index (χ4v) is 4.94. The molecule has 1 heterocycles. The average Bonchev–Trinajstić information content (AvgIpc) is 3.18. The van der Waals surface area contributed by atoms with Crippen LogP contribution in [0.3, 0.4) is 0 Å². The second-order valence-electron chi connectivity index (χ2n) is 7.53. The first kappa shape index (κ1) is 14.8. The van der Waals surface area contributed by atoms with Crippen LogP contribution in [0.15, 0.2) is 0 Å². The molecule has 0 amide bonds. The van der Waals surface area contributed by atoms with Crippen molar-refractivity contribution in [1.29, 1.82) is 0 Å². The van der Waals surface area contributed by atoms with Gasteiger partial charge in [0, 0.05) is 12.6 Å². The predicted molar refractivity (Wildman–Crippen MR) is 83.8 cm³/mol. The van der Waals surface area contributed by atoms with Gasteiger partial charge in [0.25, 0.3) is 0 Å². The Labute approximate surface area is 125 Å². The molecule has 0 aromatic heterocycles. The summed E-state index contributed by atoms with van der Waals surface area (Å²) in [5.74, 6) is 3.20. The molecular weight excluding hydrogens is 246 g/mol. The van der Waals surface area contributed by atoms with E-state index in [1.807, 2.05) is 0 Å². The lowest BCUT2D eigenvalue weighted by Gasteiger charge is -2.28. The van der Waals surface area contributed by atoms with Gasteiger partial charge >= 0.3 is 0 Å². The van der Waals surface area contributed by atoms with Crippen molar-refractivity contribution in [2.45, 2.75) is 83.3 Å². The highest BCUT2D eigenvalue weighted by molar-refractivity contribution is 4.91. The molecule has 1 saturated heterocycles. The zero-order valence-electron chi connectivity index (χ0n) is 13.3. The van der Waals surface area contributed by atoms with Crippen molar-refractivity contribution in [3.8, 4) is 0 Å². The van der Waals surface area contributed by atoms with Crippen LogP contribution in [0.1, 0.15) is 71.1 Å². The second-order valence-corrected chi connectivity index (χ2v) is 7.53. The van der Waals surface area contributed by atoms with Crippen molar-refractivity contribution >= 4 is 0 Å². The first-order valence-corrected chi connectivity index (χ1v) is 9.20. The molecule has 0 spiro atoms. The molecule has 5 atom stereocenters. The maximum atomic E-state index is 5.80. The smallest absolute Gasteiger partial charge is 0.0576 e. The summed E-state index contributed by atoms with van der Waals surface area (Å²) in [5.41, 5.74) is 0. The Bertz CT molecular complexity index is 287. The first-order valence-electron chi connectivity index (χ1n) is 9.20. The quantitative estimate of drug-likeness (QED) is 0.721. The van der Waals surface area contributed by atoms with Crippen LogP contribution in [0, 0.1) is 17.8 Å². The molecule has 116 valence electrons. The van der Waals surface area contributed by atoms with E-state index in [0.717, 1.165) is 30.4 Å². The Balaban J connectivity index is 1.44. The highest BCUT2D eigenvalue weighted by Crippen LogP contribution is 2.50. The van der Waals surface area contributed by atoms with Crippen LogP contribution in [-0.4, -0.2) is 25.3 Å². The Hall–Kier alpha value is -0.0800. The van der Waals surface area contributed by atoms with E-state index < -0.39 is 0 Å². The maximum absolute atomic E-state index is 5.80. The lowest BCUT2D eigenvalue weighted by atomic mass is 9.83. The lowest BCUT2D eigenvalue weighted by Crippen LogP contribution is -2.33. The zero-order valence-corrected chi connectivity index (χ0v) is 13.3. The van der Waals surface area contributed by atoms with Gasteiger partial charge in [-0.3, -0.25) is 0 Å². The molecule has 0 radical (unpaired) electrons. The molecule has 1 N–H and O–H groups in total. The number of ether oxygens (including phenoxy) is 1. The molecule has 5 unspecified atom stereocenters. The molecule has 2 nitrogen and oxygen atoms in total. The molecule has 2 heteroatoms. The summed E-state index contributed by atoms with van der Waals surface area (Å²) in [4.78, 5) is 0. The first-order chi connectivity index (χ1) is 9.85. The van der Waals surface area contributed by atoms with Gasteiger partial charge in [-0.2, -0.15) is 0 Å². The van der Waals surface area contributed by atoms with Gasteiger partial charge in [0.15, 0.2) is 0 Å². The molecule has 0 aromatic rings. The Morgan fingerprint density at radius 2 is 2.15 bits per heavy atom. The van der Waals surface area contributed by atoms with E-state index in [1.54, 1.807) is 6.42 Å². The summed E-state index contributed by atoms with van der Waals surface area (Å²) in [6.45, 7) is 4.47. The van der Waals surface area contributed by atoms with Gasteiger partial charge in [0.1, 0.15) is 0 Å². The van der Waals surface area contributed by atoms with E-state index in [-0.39, 0.29) is 0 Å². The SMILES string of the molecule is CCCNC(CCC1CCCO1)CC1CC2CCC1C2. The molecule has 3 fully saturated rings. The van der Waals surface area contributed by atoms with E-state index >= 15 is 0 Å². The summed E-state index contributed by atoms with van der Waals surface area (Å²) in [6, 6.07) is 0.753. The second kappa shape index (κ2) is 7.26. The van der Waals surface area contributed by atoms with Crippen molar-refractivity contribution in [1.82, 2.24) is 5.32 Å². The number of rotatable bonds is 8. The van der Waals surface area contributed by atoms with E-state index in [4.69, 9.17) is 4.74 Å². The van der Waals surface area contributed by atoms with Crippen LogP contribution >= 0.6 is 0 Å². The average molecular weight is 279 g/mol. The Kier molecular flexibility index (Phi) is 5.39. The molecule has 20 heavy (non-hydrogen) atoms. The van der Waals surface area contributed by atoms with Crippen LogP contribution in [0.25, 0.3) is 0 Å². The summed E-state index contributed by atoms with van der Waals surface area (Å²) < 4.78 is 5.80. The van der Waals surface area contributed by atoms with Crippen molar-refractivity contribution in [2.24, 2.45) is 17.8 Å². The largest absolute Gasteiger partial charge is 0.378 e. The van der Waals surface area contributed by atoms with Crippen LogP contribution in [0.4, 0.5) is 0 Å². The minimum Gasteiger partial charge on any atom is -0.378 e. The Morgan fingerprint density at radius 1 is 1.20 bits per heavy atom. The summed E-state index contributed by atoms with van der Waals surface area (Å²) in [6.07, 6.45) is 14.6. The maximum Gasteiger partial charge on any atom is 0.0576 e. The zero-order chi connectivity index (χ0) is 13.8. The summed E-state index contributed by atoms with van der Waals surface area (Å²) in [5, 5.41) is 3.82. The third kappa shape index (κ3) is 3.76. The van der Waals surface area contributed by atoms with Crippen molar-refractivity contribution in [2.75, 3.05) is 13.2 Å². The van der Waals surface area contributed by atoms with Gasteiger partial charge in [-0.1, -0.05) is 13.3 Å². The fourth-order valence-electron chi connectivity index (χ4n) is 4.94. The van der Waals surface area contributed by atoms with Gasteiger partial charge in [-0.25, -0.2) is 0 Å². The lowest BCUT2D eigenvalue weighted by molar-refractivity contribution is 0.0979. The molecule has 2 saturated carbocycles. The fraction of sp³-hybridized carbons (Fsp3) is 1.00. The number of fused-ring (bicyclic) bond motifs is 2. The van der Waals surface area contributed by atoms with E-state index in [2.05, 4.69) is 12.2 Å². The number of hydrogen-bond acceptors (Lipinski definition) is 2. The van der Waals surface area contributed by atoms with Crippen LogP contribution in [0.5, 0.6) is 0 Å². The minimum atomic E-state index is 0.570. The van der Waals surface area contributed by atoms with Gasteiger partial charge in [-0.05, 0) is 82.1 Å². The van der Waals surface area contributed by atoms with Gasteiger partial charge in [-0.15, -0.1) is 0 Å². The molecular formula is C18H33NO. The summed E-state index contributed by atoms with van der Waals surface area (Å²) >= 11 is 0. The van der Waals surface area contributed by atoms with Crippen molar-refractivity contribution in [3.63, 3.8) is 0 Å². The predicted octanol–water partition coefficient (Wildman–Crippen LogP) is 4.14. The highest BCUT2D eigenvalue weighted by Gasteiger charge is 2.40. The van der Waals surface area contributed by atoms with Crippen molar-refractivity contribution in [3.05, 3.63) is 0 Å². The van der Waals surface area contributed by atoms with Gasteiger partial charge in [0.2, 0.25) is 0 Å². The number of nitrogens with one attached hydrogen (secondary N) is 1.